The average molecular weight is 282 g/mol. The molecule has 1 amide bonds. The van der Waals surface area contributed by atoms with Gasteiger partial charge in [-0.15, -0.1) is 0 Å². The maximum Gasteiger partial charge on any atom is 0.248 e. The van der Waals surface area contributed by atoms with E-state index < -0.39 is 5.91 Å². The number of hydrogen-bond acceptors (Lipinski definition) is 2. The molecule has 5 heteroatoms. The van der Waals surface area contributed by atoms with Gasteiger partial charge >= 0.3 is 0 Å². The lowest BCUT2D eigenvalue weighted by Crippen LogP contribution is -2.10. The van der Waals surface area contributed by atoms with Crippen LogP contribution in [0, 0.1) is 0 Å². The number of benzene rings is 2. The number of halogens is 2. The Kier molecular flexibility index (Phi) is 3.75. The summed E-state index contributed by atoms with van der Waals surface area (Å²) in [7, 11) is 0. The second kappa shape index (κ2) is 5.29. The number of amides is 1. The summed E-state index contributed by atoms with van der Waals surface area (Å²) in [6, 6.07) is 11.4. The zero-order valence-corrected chi connectivity index (χ0v) is 10.7. The Bertz CT molecular complexity index is 582. The van der Waals surface area contributed by atoms with E-state index in [9.17, 15) is 4.79 Å². The molecular formula is C13H9Cl2NO2. The molecular weight excluding hydrogens is 273 g/mol. The molecule has 0 spiro atoms. The maximum absolute atomic E-state index is 10.9. The zero-order chi connectivity index (χ0) is 13.1. The zero-order valence-electron chi connectivity index (χ0n) is 9.19. The highest BCUT2D eigenvalue weighted by atomic mass is 35.5. The van der Waals surface area contributed by atoms with Crippen molar-refractivity contribution in [3.63, 3.8) is 0 Å². The molecule has 0 aromatic heterocycles. The lowest BCUT2D eigenvalue weighted by molar-refractivity contribution is 0.100. The minimum absolute atomic E-state index is 0.418. The van der Waals surface area contributed by atoms with Crippen molar-refractivity contribution in [2.45, 2.75) is 0 Å². The summed E-state index contributed by atoms with van der Waals surface area (Å²) < 4.78 is 5.56. The fraction of sp³-hybridized carbons (Fsp3) is 0. The van der Waals surface area contributed by atoms with Crippen LogP contribution in [0.4, 0.5) is 0 Å². The van der Waals surface area contributed by atoms with Gasteiger partial charge in [-0.3, -0.25) is 4.79 Å². The van der Waals surface area contributed by atoms with Gasteiger partial charge in [0, 0.05) is 10.6 Å². The van der Waals surface area contributed by atoms with Gasteiger partial charge in [-0.2, -0.15) is 0 Å². The van der Waals surface area contributed by atoms with E-state index in [1.54, 1.807) is 42.5 Å². The van der Waals surface area contributed by atoms with E-state index in [0.717, 1.165) is 0 Å². The average Bonchev–Trinajstić information content (AvgIpc) is 2.33. The summed E-state index contributed by atoms with van der Waals surface area (Å²) in [4.78, 5) is 10.9. The largest absolute Gasteiger partial charge is 0.456 e. The van der Waals surface area contributed by atoms with Crippen LogP contribution in [-0.4, -0.2) is 5.91 Å². The molecule has 0 aliphatic carbocycles. The van der Waals surface area contributed by atoms with Crippen molar-refractivity contribution >= 4 is 29.1 Å². The lowest BCUT2D eigenvalue weighted by Gasteiger charge is -2.08. The number of primary amides is 1. The van der Waals surface area contributed by atoms with E-state index in [1.165, 1.54) is 0 Å². The number of ether oxygens (including phenoxy) is 1. The Morgan fingerprint density at radius 2 is 1.72 bits per heavy atom. The first-order chi connectivity index (χ1) is 8.56. The Labute approximate surface area is 114 Å². The van der Waals surface area contributed by atoms with Crippen molar-refractivity contribution in [3.05, 3.63) is 58.1 Å². The predicted octanol–water partition coefficient (Wildman–Crippen LogP) is 3.88. The molecule has 0 radical (unpaired) electrons. The molecule has 0 heterocycles. The molecule has 2 rings (SSSR count). The first-order valence-electron chi connectivity index (χ1n) is 5.09. The summed E-state index contributed by atoms with van der Waals surface area (Å²) in [6.45, 7) is 0. The van der Waals surface area contributed by atoms with Crippen LogP contribution in [0.15, 0.2) is 42.5 Å². The van der Waals surface area contributed by atoms with E-state index >= 15 is 0 Å². The van der Waals surface area contributed by atoms with Crippen LogP contribution >= 0.6 is 23.2 Å². The summed E-state index contributed by atoms with van der Waals surface area (Å²) in [5, 5.41) is 0.956. The van der Waals surface area contributed by atoms with Gasteiger partial charge in [-0.25, -0.2) is 0 Å². The molecule has 0 unspecified atom stereocenters. The molecule has 0 saturated carbocycles. The highest BCUT2D eigenvalue weighted by Gasteiger charge is 2.05. The van der Waals surface area contributed by atoms with Gasteiger partial charge in [0.15, 0.2) is 0 Å². The molecule has 92 valence electrons. The summed E-state index contributed by atoms with van der Waals surface area (Å²) in [5.41, 5.74) is 5.56. The van der Waals surface area contributed by atoms with E-state index in [0.29, 0.717) is 27.1 Å². The molecule has 2 N–H and O–H groups in total. The first-order valence-corrected chi connectivity index (χ1v) is 5.84. The highest BCUT2D eigenvalue weighted by molar-refractivity contribution is 6.35. The van der Waals surface area contributed by atoms with Crippen LogP contribution in [-0.2, 0) is 0 Å². The smallest absolute Gasteiger partial charge is 0.248 e. The van der Waals surface area contributed by atoms with Crippen LogP contribution in [0.1, 0.15) is 10.4 Å². The molecule has 0 fully saturated rings. The molecule has 0 aliphatic rings. The number of carbonyl (C=O) groups excluding carboxylic acids is 1. The monoisotopic (exact) mass is 281 g/mol. The van der Waals surface area contributed by atoms with Gasteiger partial charge in [0.05, 0.1) is 5.02 Å². The van der Waals surface area contributed by atoms with Crippen molar-refractivity contribution in [2.75, 3.05) is 0 Å². The number of nitrogens with two attached hydrogens (primary N) is 1. The van der Waals surface area contributed by atoms with E-state index in [-0.39, 0.29) is 0 Å². The normalized spacial score (nSPS) is 10.1. The highest BCUT2D eigenvalue weighted by Crippen LogP contribution is 2.31. The topological polar surface area (TPSA) is 52.3 Å². The molecule has 2 aromatic carbocycles. The van der Waals surface area contributed by atoms with E-state index in [4.69, 9.17) is 33.7 Å². The fourth-order valence-corrected chi connectivity index (χ4v) is 1.82. The van der Waals surface area contributed by atoms with E-state index in [1.807, 2.05) is 0 Å². The Morgan fingerprint density at radius 1 is 1.06 bits per heavy atom. The lowest BCUT2D eigenvalue weighted by atomic mass is 10.2. The van der Waals surface area contributed by atoms with Crippen LogP contribution < -0.4 is 10.5 Å². The molecule has 0 bridgehead atoms. The molecule has 18 heavy (non-hydrogen) atoms. The summed E-state index contributed by atoms with van der Waals surface area (Å²) in [5.74, 6) is 0.572. The third kappa shape index (κ3) is 2.94. The van der Waals surface area contributed by atoms with Crippen LogP contribution in [0.25, 0.3) is 0 Å². The van der Waals surface area contributed by atoms with Gasteiger partial charge in [0.2, 0.25) is 5.91 Å². The van der Waals surface area contributed by atoms with Crippen molar-refractivity contribution in [1.29, 1.82) is 0 Å². The third-order valence-electron chi connectivity index (χ3n) is 2.26. The standard InChI is InChI=1S/C13H9Cl2NO2/c14-9-3-6-12(11(15)7-9)18-10-4-1-8(2-5-10)13(16)17/h1-7H,(H2,16,17). The van der Waals surface area contributed by atoms with Gasteiger partial charge in [-0.05, 0) is 42.5 Å². The third-order valence-corrected chi connectivity index (χ3v) is 2.79. The summed E-state index contributed by atoms with van der Waals surface area (Å²) in [6.07, 6.45) is 0. The second-order valence-electron chi connectivity index (χ2n) is 3.57. The number of carbonyl (C=O) groups is 1. The molecule has 2 aromatic rings. The molecule has 3 nitrogen and oxygen atoms in total. The van der Waals surface area contributed by atoms with Crippen molar-refractivity contribution in [1.82, 2.24) is 0 Å². The van der Waals surface area contributed by atoms with Crippen molar-refractivity contribution in [2.24, 2.45) is 5.73 Å². The number of rotatable bonds is 3. The van der Waals surface area contributed by atoms with Gasteiger partial charge < -0.3 is 10.5 Å². The van der Waals surface area contributed by atoms with Gasteiger partial charge in [0.25, 0.3) is 0 Å². The molecule has 0 atom stereocenters. The summed E-state index contributed by atoms with van der Waals surface area (Å²) >= 11 is 11.8. The minimum Gasteiger partial charge on any atom is -0.456 e. The first kappa shape index (κ1) is 12.7. The van der Waals surface area contributed by atoms with Crippen molar-refractivity contribution < 1.29 is 9.53 Å². The maximum atomic E-state index is 10.9. The Hall–Kier alpha value is -1.71. The van der Waals surface area contributed by atoms with Crippen molar-refractivity contribution in [3.8, 4) is 11.5 Å². The second-order valence-corrected chi connectivity index (χ2v) is 4.41. The van der Waals surface area contributed by atoms with Crippen LogP contribution in [0.2, 0.25) is 10.0 Å². The predicted molar refractivity (Wildman–Crippen MR) is 71.5 cm³/mol. The Balaban J connectivity index is 2.21. The van der Waals surface area contributed by atoms with E-state index in [2.05, 4.69) is 0 Å². The van der Waals surface area contributed by atoms with Crippen LogP contribution in [0.5, 0.6) is 11.5 Å². The van der Waals surface area contributed by atoms with Gasteiger partial charge in [0.1, 0.15) is 11.5 Å². The molecule has 0 saturated heterocycles. The van der Waals surface area contributed by atoms with Crippen LogP contribution in [0.3, 0.4) is 0 Å². The van der Waals surface area contributed by atoms with Gasteiger partial charge in [-0.1, -0.05) is 23.2 Å². The fourth-order valence-electron chi connectivity index (χ4n) is 1.37. The SMILES string of the molecule is NC(=O)c1ccc(Oc2ccc(Cl)cc2Cl)cc1. The quantitative estimate of drug-likeness (QED) is 0.928. The Morgan fingerprint density at radius 3 is 2.28 bits per heavy atom. The number of hydrogen-bond donors (Lipinski definition) is 1. The molecule has 0 aliphatic heterocycles. The minimum atomic E-state index is -0.480.